The second-order valence-electron chi connectivity index (χ2n) is 2.76. The molecule has 0 spiro atoms. The maximum atomic E-state index is 8.74. The highest BCUT2D eigenvalue weighted by Gasteiger charge is 2.43. The topological polar surface area (TPSA) is 32.8 Å². The number of rotatable bonds is 3. The Kier molecular flexibility index (Phi) is 1.60. The van der Waals surface area contributed by atoms with E-state index in [9.17, 15) is 0 Å². The van der Waals surface area contributed by atoms with Gasteiger partial charge in [-0.05, 0) is 6.92 Å². The first-order chi connectivity index (χ1) is 4.18. The first-order valence-electron chi connectivity index (χ1n) is 3.08. The minimum absolute atomic E-state index is 0.125. The van der Waals surface area contributed by atoms with E-state index in [1.165, 1.54) is 0 Å². The summed E-state index contributed by atoms with van der Waals surface area (Å²) in [6.45, 7) is 6.50. The van der Waals surface area contributed by atoms with Crippen LogP contribution in [0.3, 0.4) is 0 Å². The summed E-state index contributed by atoms with van der Waals surface area (Å²) in [6.07, 6.45) is 0.795. The third-order valence-corrected chi connectivity index (χ3v) is 1.46. The molecule has 2 nitrogen and oxygen atoms in total. The summed E-state index contributed by atoms with van der Waals surface area (Å²) in [4.78, 5) is 0. The van der Waals surface area contributed by atoms with Crippen molar-refractivity contribution in [1.82, 2.24) is 0 Å². The van der Waals surface area contributed by atoms with Crippen LogP contribution in [0.5, 0.6) is 0 Å². The lowest BCUT2D eigenvalue weighted by molar-refractivity contribution is 0.171. The van der Waals surface area contributed by atoms with Gasteiger partial charge in [0.25, 0.3) is 0 Å². The Morgan fingerprint density at radius 3 is 2.56 bits per heavy atom. The molecule has 0 aromatic rings. The number of aliphatic hydroxyl groups is 1. The van der Waals surface area contributed by atoms with Crippen molar-refractivity contribution in [3.63, 3.8) is 0 Å². The predicted molar refractivity (Wildman–Crippen MR) is 35.2 cm³/mol. The molecule has 0 aromatic heterocycles. The lowest BCUT2D eigenvalue weighted by atomic mass is 10.0. The van der Waals surface area contributed by atoms with Crippen LogP contribution in [0.25, 0.3) is 0 Å². The van der Waals surface area contributed by atoms with E-state index in [2.05, 4.69) is 6.58 Å². The van der Waals surface area contributed by atoms with Gasteiger partial charge < -0.3 is 9.84 Å². The zero-order valence-electron chi connectivity index (χ0n) is 5.68. The van der Waals surface area contributed by atoms with Crippen LogP contribution in [0.4, 0.5) is 0 Å². The van der Waals surface area contributed by atoms with E-state index in [1.54, 1.807) is 0 Å². The van der Waals surface area contributed by atoms with Crippen LogP contribution >= 0.6 is 0 Å². The molecule has 1 heterocycles. The van der Waals surface area contributed by atoms with Crippen molar-refractivity contribution in [2.24, 2.45) is 0 Å². The Morgan fingerprint density at radius 2 is 2.44 bits per heavy atom. The Balaban J connectivity index is 2.33. The van der Waals surface area contributed by atoms with Gasteiger partial charge >= 0.3 is 0 Å². The van der Waals surface area contributed by atoms with Crippen LogP contribution in [0.15, 0.2) is 12.2 Å². The van der Waals surface area contributed by atoms with Crippen LogP contribution in [0.2, 0.25) is 0 Å². The molecule has 0 aliphatic carbocycles. The van der Waals surface area contributed by atoms with E-state index < -0.39 is 0 Å². The Morgan fingerprint density at radius 1 is 1.89 bits per heavy atom. The summed E-state index contributed by atoms with van der Waals surface area (Å²) in [7, 11) is 0. The van der Waals surface area contributed by atoms with Crippen LogP contribution in [-0.2, 0) is 4.74 Å². The smallest absolute Gasteiger partial charge is 0.118 e. The van der Waals surface area contributed by atoms with Gasteiger partial charge in [0.15, 0.2) is 0 Å². The average molecular weight is 128 g/mol. The molecule has 1 saturated heterocycles. The van der Waals surface area contributed by atoms with Crippen molar-refractivity contribution in [1.29, 1.82) is 0 Å². The Hall–Kier alpha value is -0.340. The van der Waals surface area contributed by atoms with Crippen molar-refractivity contribution >= 4 is 0 Å². The third kappa shape index (κ3) is 1.53. The molecule has 0 bridgehead atoms. The normalized spacial score (nSPS) is 32.2. The van der Waals surface area contributed by atoms with E-state index in [4.69, 9.17) is 9.84 Å². The zero-order chi connectivity index (χ0) is 6.91. The second kappa shape index (κ2) is 2.12. The van der Waals surface area contributed by atoms with Gasteiger partial charge in [0.2, 0.25) is 0 Å². The van der Waals surface area contributed by atoms with Crippen LogP contribution < -0.4 is 0 Å². The van der Waals surface area contributed by atoms with Crippen molar-refractivity contribution in [2.75, 3.05) is 13.2 Å². The fourth-order valence-corrected chi connectivity index (χ4v) is 0.901. The predicted octanol–water partition coefficient (Wildman–Crippen LogP) is 0.714. The number of hydrogen-bond acceptors (Lipinski definition) is 2. The minimum atomic E-state index is -0.230. The van der Waals surface area contributed by atoms with Gasteiger partial charge in [0.05, 0.1) is 13.2 Å². The summed E-state index contributed by atoms with van der Waals surface area (Å²) in [5, 5.41) is 8.74. The SMILES string of the molecule is C=C(C)C[C@@]1(CO)CO1. The van der Waals surface area contributed by atoms with Crippen LogP contribution in [0, 0.1) is 0 Å². The van der Waals surface area contributed by atoms with E-state index in [0.717, 1.165) is 12.0 Å². The van der Waals surface area contributed by atoms with Crippen molar-refractivity contribution < 1.29 is 9.84 Å². The quantitative estimate of drug-likeness (QED) is 0.448. The van der Waals surface area contributed by atoms with Crippen molar-refractivity contribution in [3.8, 4) is 0 Å². The molecule has 1 atom stereocenters. The van der Waals surface area contributed by atoms with Gasteiger partial charge in [-0.15, -0.1) is 6.58 Å². The van der Waals surface area contributed by atoms with Gasteiger partial charge in [-0.2, -0.15) is 0 Å². The molecule has 0 unspecified atom stereocenters. The largest absolute Gasteiger partial charge is 0.393 e. The highest BCUT2D eigenvalue weighted by Crippen LogP contribution is 2.32. The number of aliphatic hydroxyl groups excluding tert-OH is 1. The summed E-state index contributed by atoms with van der Waals surface area (Å²) in [6, 6.07) is 0. The lowest BCUT2D eigenvalue weighted by Crippen LogP contribution is -2.16. The monoisotopic (exact) mass is 128 g/mol. The molecule has 1 aliphatic rings. The Labute approximate surface area is 55.1 Å². The van der Waals surface area contributed by atoms with Gasteiger partial charge in [-0.3, -0.25) is 0 Å². The molecule has 0 radical (unpaired) electrons. The van der Waals surface area contributed by atoms with Gasteiger partial charge in [0.1, 0.15) is 5.60 Å². The van der Waals surface area contributed by atoms with E-state index in [-0.39, 0.29) is 12.2 Å². The maximum Gasteiger partial charge on any atom is 0.118 e. The van der Waals surface area contributed by atoms with Gasteiger partial charge in [0, 0.05) is 6.42 Å². The van der Waals surface area contributed by atoms with E-state index in [1.807, 2.05) is 6.92 Å². The summed E-state index contributed by atoms with van der Waals surface area (Å²) >= 11 is 0. The summed E-state index contributed by atoms with van der Waals surface area (Å²) in [5.41, 5.74) is 0.841. The van der Waals surface area contributed by atoms with E-state index >= 15 is 0 Å². The molecule has 0 aromatic carbocycles. The molecular formula is C7H12O2. The maximum absolute atomic E-state index is 8.74. The summed E-state index contributed by atoms with van der Waals surface area (Å²) in [5.74, 6) is 0. The second-order valence-corrected chi connectivity index (χ2v) is 2.76. The molecule has 1 fully saturated rings. The third-order valence-electron chi connectivity index (χ3n) is 1.46. The highest BCUT2D eigenvalue weighted by molar-refractivity contribution is 5.04. The van der Waals surface area contributed by atoms with Crippen LogP contribution in [-0.4, -0.2) is 23.9 Å². The average Bonchev–Trinajstić information content (AvgIpc) is 2.48. The van der Waals surface area contributed by atoms with Gasteiger partial charge in [-0.25, -0.2) is 0 Å². The first-order valence-corrected chi connectivity index (χ1v) is 3.08. The fraction of sp³-hybridized carbons (Fsp3) is 0.714. The molecule has 2 heteroatoms. The molecule has 1 N–H and O–H groups in total. The molecule has 0 amide bonds. The molecular weight excluding hydrogens is 116 g/mol. The summed E-state index contributed by atoms with van der Waals surface area (Å²) < 4.78 is 5.05. The van der Waals surface area contributed by atoms with E-state index in [0.29, 0.717) is 6.61 Å². The highest BCUT2D eigenvalue weighted by atomic mass is 16.6. The molecule has 9 heavy (non-hydrogen) atoms. The molecule has 52 valence electrons. The van der Waals surface area contributed by atoms with Gasteiger partial charge in [-0.1, -0.05) is 5.57 Å². The number of epoxide rings is 1. The fourth-order valence-electron chi connectivity index (χ4n) is 0.901. The lowest BCUT2D eigenvalue weighted by Gasteiger charge is -2.05. The number of ether oxygens (including phenoxy) is 1. The molecule has 1 rings (SSSR count). The van der Waals surface area contributed by atoms with Crippen molar-refractivity contribution in [3.05, 3.63) is 12.2 Å². The molecule has 1 aliphatic heterocycles. The Bertz CT molecular complexity index is 125. The van der Waals surface area contributed by atoms with Crippen LogP contribution in [0.1, 0.15) is 13.3 Å². The molecule has 0 saturated carbocycles. The zero-order valence-corrected chi connectivity index (χ0v) is 5.68. The standard InChI is InChI=1S/C7H12O2/c1-6(2)3-7(4-8)5-9-7/h8H,1,3-5H2,2H3/t7-/m1/s1. The first kappa shape index (κ1) is 6.78. The number of hydrogen-bond donors (Lipinski definition) is 1. The minimum Gasteiger partial charge on any atom is -0.393 e. The van der Waals surface area contributed by atoms with Crippen molar-refractivity contribution in [2.45, 2.75) is 18.9 Å².